The van der Waals surface area contributed by atoms with E-state index in [1.54, 1.807) is 41.3 Å². The molecule has 33 heavy (non-hydrogen) atoms. The summed E-state index contributed by atoms with van der Waals surface area (Å²) in [6, 6.07) is 18.2. The Hall–Kier alpha value is -2.84. The van der Waals surface area contributed by atoms with Crippen molar-refractivity contribution in [2.75, 3.05) is 4.90 Å². The number of benzene rings is 2. The van der Waals surface area contributed by atoms with Gasteiger partial charge in [0.05, 0.1) is 21.3 Å². The highest BCUT2D eigenvalue weighted by atomic mass is 35.5. The zero-order chi connectivity index (χ0) is 22.9. The van der Waals surface area contributed by atoms with Crippen molar-refractivity contribution in [2.45, 2.75) is 6.92 Å². The topological polar surface area (TPSA) is 58.7 Å². The molecule has 5 rings (SSSR count). The fraction of sp³-hybridized carbons (Fsp3) is 0.0417. The summed E-state index contributed by atoms with van der Waals surface area (Å²) in [7, 11) is 0. The summed E-state index contributed by atoms with van der Waals surface area (Å²) in [5, 5.41) is 4.15. The molecule has 1 aliphatic rings. The third-order valence-corrected chi connectivity index (χ3v) is 7.10. The smallest absolute Gasteiger partial charge is 0.271 e. The lowest BCUT2D eigenvalue weighted by Crippen LogP contribution is -2.28. The molecule has 4 aromatic rings. The van der Waals surface area contributed by atoms with Gasteiger partial charge in [-0.3, -0.25) is 9.69 Å². The highest BCUT2D eigenvalue weighted by Gasteiger charge is 2.35. The Morgan fingerprint density at radius 1 is 1.09 bits per heavy atom. The predicted octanol–water partition coefficient (Wildman–Crippen LogP) is 7.83. The first-order valence-electron chi connectivity index (χ1n) is 9.83. The minimum Gasteiger partial charge on any atom is -0.457 e. The molecule has 2 aromatic carbocycles. The van der Waals surface area contributed by atoms with E-state index in [-0.39, 0.29) is 5.91 Å². The van der Waals surface area contributed by atoms with Gasteiger partial charge in [-0.1, -0.05) is 41.4 Å². The molecule has 0 aliphatic carbocycles. The van der Waals surface area contributed by atoms with Crippen LogP contribution in [0.15, 0.2) is 80.4 Å². The molecule has 5 nitrogen and oxygen atoms in total. The minimum absolute atomic E-state index is 0.183. The van der Waals surface area contributed by atoms with Crippen molar-refractivity contribution in [3.8, 4) is 11.3 Å². The van der Waals surface area contributed by atoms with Gasteiger partial charge in [-0.05, 0) is 61.2 Å². The van der Waals surface area contributed by atoms with Crippen LogP contribution in [0.1, 0.15) is 11.5 Å². The summed E-state index contributed by atoms with van der Waals surface area (Å²) in [6.45, 7) is 1.91. The maximum absolute atomic E-state index is 13.4. The number of carbonyl (C=O) groups is 1. The predicted molar refractivity (Wildman–Crippen MR) is 138 cm³/mol. The molecule has 1 aliphatic heterocycles. The van der Waals surface area contributed by atoms with E-state index in [0.717, 1.165) is 11.4 Å². The van der Waals surface area contributed by atoms with Crippen molar-refractivity contribution >= 4 is 74.3 Å². The minimum atomic E-state index is -0.183. The first-order chi connectivity index (χ1) is 16.0. The molecule has 2 aromatic heterocycles. The molecule has 3 heterocycles. The van der Waals surface area contributed by atoms with Gasteiger partial charge in [-0.25, -0.2) is 4.98 Å². The van der Waals surface area contributed by atoms with Crippen LogP contribution in [0.5, 0.6) is 0 Å². The second-order valence-corrected chi connectivity index (χ2v) is 9.77. The Morgan fingerprint density at radius 2 is 1.91 bits per heavy atom. The summed E-state index contributed by atoms with van der Waals surface area (Å²) in [6.07, 6.45) is 1.71. The number of aryl methyl sites for hydroxylation is 1. The van der Waals surface area contributed by atoms with Gasteiger partial charge in [-0.2, -0.15) is 4.99 Å². The second-order valence-electron chi connectivity index (χ2n) is 7.08. The largest absolute Gasteiger partial charge is 0.457 e. The summed E-state index contributed by atoms with van der Waals surface area (Å²) in [5.74, 6) is 0.907. The summed E-state index contributed by atoms with van der Waals surface area (Å²) < 4.78 is 5.96. The number of thioether (sulfide) groups is 1. The van der Waals surface area contributed by atoms with E-state index in [0.29, 0.717) is 42.3 Å². The number of rotatable bonds is 4. The van der Waals surface area contributed by atoms with Gasteiger partial charge in [0, 0.05) is 22.0 Å². The van der Waals surface area contributed by atoms with Crippen LogP contribution in [0.4, 0.5) is 10.8 Å². The van der Waals surface area contributed by atoms with Crippen molar-refractivity contribution < 1.29 is 9.21 Å². The van der Waals surface area contributed by atoms with Gasteiger partial charge in [0.2, 0.25) is 5.13 Å². The van der Waals surface area contributed by atoms with Crippen molar-refractivity contribution in [3.05, 3.63) is 92.4 Å². The normalized spacial score (nSPS) is 16.3. The number of halogens is 2. The molecular weight excluding hydrogens is 497 g/mol. The Morgan fingerprint density at radius 3 is 2.67 bits per heavy atom. The number of hydrogen-bond donors (Lipinski definition) is 0. The highest BCUT2D eigenvalue weighted by Crippen LogP contribution is 2.39. The summed E-state index contributed by atoms with van der Waals surface area (Å²) >= 11 is 15.1. The molecule has 0 N–H and O–H groups in total. The third-order valence-electron chi connectivity index (χ3n) is 4.71. The molecule has 9 heteroatoms. The average Bonchev–Trinajstić information content (AvgIpc) is 3.51. The Bertz CT molecular complexity index is 1410. The molecule has 1 amide bonds. The van der Waals surface area contributed by atoms with Crippen LogP contribution < -0.4 is 4.90 Å². The number of anilines is 1. The molecular formula is C24H15Cl2N3O2S2. The number of carbonyl (C=O) groups excluding carboxylic acids is 1. The van der Waals surface area contributed by atoms with E-state index in [2.05, 4.69) is 9.98 Å². The van der Waals surface area contributed by atoms with Crippen LogP contribution >= 0.6 is 46.3 Å². The van der Waals surface area contributed by atoms with Crippen molar-refractivity contribution in [3.63, 3.8) is 0 Å². The van der Waals surface area contributed by atoms with Gasteiger partial charge >= 0.3 is 0 Å². The number of thiazole rings is 1. The first-order valence-corrected chi connectivity index (χ1v) is 12.3. The molecule has 0 bridgehead atoms. The van der Waals surface area contributed by atoms with Crippen LogP contribution in [-0.2, 0) is 4.79 Å². The maximum Gasteiger partial charge on any atom is 0.271 e. The molecule has 0 radical (unpaired) electrons. The molecule has 164 valence electrons. The fourth-order valence-electron chi connectivity index (χ4n) is 3.22. The molecule has 0 spiro atoms. The van der Waals surface area contributed by atoms with Crippen LogP contribution in [0, 0.1) is 6.92 Å². The molecule has 0 atom stereocenters. The van der Waals surface area contributed by atoms with Gasteiger partial charge in [0.25, 0.3) is 5.91 Å². The number of furan rings is 1. The number of aromatic nitrogens is 1. The quantitative estimate of drug-likeness (QED) is 0.262. The van der Waals surface area contributed by atoms with Gasteiger partial charge in [0.15, 0.2) is 5.17 Å². The number of hydrogen-bond acceptors (Lipinski definition) is 6. The van der Waals surface area contributed by atoms with Crippen molar-refractivity contribution in [1.29, 1.82) is 0 Å². The van der Waals surface area contributed by atoms with Crippen molar-refractivity contribution in [2.24, 2.45) is 4.99 Å². The third kappa shape index (κ3) is 4.63. The molecule has 1 saturated heterocycles. The van der Waals surface area contributed by atoms with E-state index in [1.165, 1.54) is 23.1 Å². The summed E-state index contributed by atoms with van der Waals surface area (Å²) in [4.78, 5) is 24.5. The molecule has 0 unspecified atom stereocenters. The van der Waals surface area contributed by atoms with Crippen LogP contribution in [-0.4, -0.2) is 16.1 Å². The lowest BCUT2D eigenvalue weighted by molar-refractivity contribution is -0.113. The fourth-order valence-corrected chi connectivity index (χ4v) is 5.29. The zero-order valence-corrected chi connectivity index (χ0v) is 20.3. The number of aliphatic imine (C=N–C) groups is 1. The average molecular weight is 512 g/mol. The van der Waals surface area contributed by atoms with E-state index in [1.807, 2.05) is 42.6 Å². The first kappa shape index (κ1) is 22.0. The Kier molecular flexibility index (Phi) is 6.12. The lowest BCUT2D eigenvalue weighted by Gasteiger charge is -2.14. The van der Waals surface area contributed by atoms with E-state index in [9.17, 15) is 4.79 Å². The second kappa shape index (κ2) is 9.19. The SMILES string of the molecule is Cc1csc(/N=C2/S/C(=C/c3ccc(-c4cc(Cl)ccc4Cl)o3)C(=O)N2c2ccccc2)n1. The Labute approximate surface area is 208 Å². The zero-order valence-electron chi connectivity index (χ0n) is 17.2. The maximum atomic E-state index is 13.4. The van der Waals surface area contributed by atoms with Gasteiger partial charge in [-0.15, -0.1) is 11.3 Å². The number of nitrogens with zero attached hydrogens (tertiary/aromatic N) is 3. The molecule has 0 saturated carbocycles. The van der Waals surface area contributed by atoms with Crippen LogP contribution in [0.3, 0.4) is 0 Å². The standard InChI is InChI=1S/C24H15Cl2N3O2S2/c1-14-13-32-23(27-14)28-24-29(16-5-3-2-4-6-16)22(30)21(33-24)12-17-8-10-20(31-17)18-11-15(25)7-9-19(18)26/h2-13H,1H3/b21-12+,28-24+. The molecule has 1 fully saturated rings. The van der Waals surface area contributed by atoms with Gasteiger partial charge in [0.1, 0.15) is 11.5 Å². The van der Waals surface area contributed by atoms with Gasteiger partial charge < -0.3 is 4.42 Å². The van der Waals surface area contributed by atoms with E-state index < -0.39 is 0 Å². The lowest BCUT2D eigenvalue weighted by atomic mass is 10.2. The van der Waals surface area contributed by atoms with Crippen molar-refractivity contribution in [1.82, 2.24) is 4.98 Å². The highest BCUT2D eigenvalue weighted by molar-refractivity contribution is 8.19. The monoisotopic (exact) mass is 511 g/mol. The number of para-hydroxylation sites is 1. The number of amidine groups is 1. The van der Waals surface area contributed by atoms with E-state index in [4.69, 9.17) is 27.6 Å². The number of amides is 1. The summed E-state index contributed by atoms with van der Waals surface area (Å²) in [5.41, 5.74) is 2.31. The van der Waals surface area contributed by atoms with E-state index >= 15 is 0 Å². The van der Waals surface area contributed by atoms with Crippen LogP contribution in [0.2, 0.25) is 10.0 Å². The Balaban J connectivity index is 1.51. The van der Waals surface area contributed by atoms with Crippen LogP contribution in [0.25, 0.3) is 17.4 Å².